The van der Waals surface area contributed by atoms with Gasteiger partial charge in [0, 0.05) is 6.20 Å². The molecule has 0 unspecified atom stereocenters. The van der Waals surface area contributed by atoms with Crippen molar-refractivity contribution in [3.05, 3.63) is 53.3 Å². The molecule has 0 aliphatic heterocycles. The lowest BCUT2D eigenvalue weighted by Crippen LogP contribution is -2.15. The first-order chi connectivity index (χ1) is 9.79. The molecule has 2 aromatic rings. The van der Waals surface area contributed by atoms with Crippen LogP contribution in [0.15, 0.2) is 41.4 Å². The second kappa shape index (κ2) is 5.53. The number of hydrogen-bond acceptors (Lipinski definition) is 4. The SMILES string of the molecule is Cc1ccc(C)c(S(=O)(=O)Nc2ccnc(C(=O)O)c2)c1. The van der Waals surface area contributed by atoms with Crippen molar-refractivity contribution in [2.75, 3.05) is 4.72 Å². The molecule has 1 aromatic heterocycles. The van der Waals surface area contributed by atoms with Gasteiger partial charge < -0.3 is 5.11 Å². The number of carbonyl (C=O) groups is 1. The highest BCUT2D eigenvalue weighted by molar-refractivity contribution is 7.92. The lowest BCUT2D eigenvalue weighted by molar-refractivity contribution is 0.0690. The number of aromatic nitrogens is 1. The van der Waals surface area contributed by atoms with E-state index in [0.29, 0.717) is 5.56 Å². The number of benzene rings is 1. The van der Waals surface area contributed by atoms with Crippen molar-refractivity contribution in [3.8, 4) is 0 Å². The van der Waals surface area contributed by atoms with Gasteiger partial charge in [0.05, 0.1) is 10.6 Å². The van der Waals surface area contributed by atoms with Crippen LogP contribution in [0.4, 0.5) is 5.69 Å². The van der Waals surface area contributed by atoms with Crippen molar-refractivity contribution in [1.82, 2.24) is 4.98 Å². The van der Waals surface area contributed by atoms with E-state index >= 15 is 0 Å². The highest BCUT2D eigenvalue weighted by Crippen LogP contribution is 2.20. The van der Waals surface area contributed by atoms with E-state index in [1.807, 2.05) is 6.07 Å². The predicted molar refractivity (Wildman–Crippen MR) is 77.9 cm³/mol. The maximum Gasteiger partial charge on any atom is 0.354 e. The molecule has 2 rings (SSSR count). The zero-order valence-corrected chi connectivity index (χ0v) is 12.3. The third-order valence-electron chi connectivity index (χ3n) is 2.86. The van der Waals surface area contributed by atoms with E-state index in [0.717, 1.165) is 5.56 Å². The van der Waals surface area contributed by atoms with E-state index in [4.69, 9.17) is 5.11 Å². The van der Waals surface area contributed by atoms with Gasteiger partial charge in [-0.25, -0.2) is 18.2 Å². The molecule has 7 heteroatoms. The molecule has 6 nitrogen and oxygen atoms in total. The van der Waals surface area contributed by atoms with E-state index in [2.05, 4.69) is 9.71 Å². The Balaban J connectivity index is 2.40. The summed E-state index contributed by atoms with van der Waals surface area (Å²) in [5.41, 5.74) is 1.36. The Hall–Kier alpha value is -2.41. The van der Waals surface area contributed by atoms with Gasteiger partial charge in [-0.1, -0.05) is 12.1 Å². The zero-order chi connectivity index (χ0) is 15.6. The Labute approximate surface area is 122 Å². The molecular formula is C14H14N2O4S. The maximum absolute atomic E-state index is 12.4. The van der Waals surface area contributed by atoms with Crippen LogP contribution in [0.1, 0.15) is 21.6 Å². The summed E-state index contributed by atoms with van der Waals surface area (Å²) in [5, 5.41) is 8.87. The number of nitrogens with zero attached hydrogens (tertiary/aromatic N) is 1. The monoisotopic (exact) mass is 306 g/mol. The molecule has 0 saturated heterocycles. The van der Waals surface area contributed by atoms with E-state index in [1.54, 1.807) is 26.0 Å². The fourth-order valence-corrected chi connectivity index (χ4v) is 3.20. The molecule has 0 radical (unpaired) electrons. The Morgan fingerprint density at radius 3 is 2.57 bits per heavy atom. The van der Waals surface area contributed by atoms with Gasteiger partial charge in [-0.15, -0.1) is 0 Å². The van der Waals surface area contributed by atoms with Crippen LogP contribution in [0.3, 0.4) is 0 Å². The fourth-order valence-electron chi connectivity index (χ4n) is 1.82. The molecule has 2 N–H and O–H groups in total. The quantitative estimate of drug-likeness (QED) is 0.902. The first kappa shape index (κ1) is 15.0. The van der Waals surface area contributed by atoms with Gasteiger partial charge in [0.2, 0.25) is 0 Å². The molecule has 0 atom stereocenters. The Bertz CT molecular complexity index is 800. The summed E-state index contributed by atoms with van der Waals surface area (Å²) < 4.78 is 27.1. The Morgan fingerprint density at radius 2 is 1.90 bits per heavy atom. The minimum Gasteiger partial charge on any atom is -0.477 e. The van der Waals surface area contributed by atoms with Crippen LogP contribution in [-0.4, -0.2) is 24.5 Å². The summed E-state index contributed by atoms with van der Waals surface area (Å²) in [7, 11) is -3.78. The molecule has 0 fully saturated rings. The van der Waals surface area contributed by atoms with E-state index in [-0.39, 0.29) is 16.3 Å². The topological polar surface area (TPSA) is 96.4 Å². The van der Waals surface area contributed by atoms with Crippen molar-refractivity contribution in [2.45, 2.75) is 18.7 Å². The molecule has 21 heavy (non-hydrogen) atoms. The van der Waals surface area contributed by atoms with Crippen LogP contribution < -0.4 is 4.72 Å². The minimum atomic E-state index is -3.78. The van der Waals surface area contributed by atoms with E-state index in [1.165, 1.54) is 18.3 Å². The summed E-state index contributed by atoms with van der Waals surface area (Å²) in [5.74, 6) is -1.22. The Morgan fingerprint density at radius 1 is 1.19 bits per heavy atom. The van der Waals surface area contributed by atoms with Gasteiger partial charge in [-0.3, -0.25) is 4.72 Å². The normalized spacial score (nSPS) is 11.1. The number of sulfonamides is 1. The van der Waals surface area contributed by atoms with Crippen molar-refractivity contribution < 1.29 is 18.3 Å². The summed E-state index contributed by atoms with van der Waals surface area (Å²) in [6.45, 7) is 3.50. The van der Waals surface area contributed by atoms with Crippen LogP contribution >= 0.6 is 0 Å². The van der Waals surface area contributed by atoms with Gasteiger partial charge in [0.1, 0.15) is 5.69 Å². The highest BCUT2D eigenvalue weighted by Gasteiger charge is 2.18. The number of carboxylic acids is 1. The van der Waals surface area contributed by atoms with Crippen molar-refractivity contribution in [2.24, 2.45) is 0 Å². The van der Waals surface area contributed by atoms with Gasteiger partial charge >= 0.3 is 5.97 Å². The number of rotatable bonds is 4. The van der Waals surface area contributed by atoms with E-state index in [9.17, 15) is 13.2 Å². The molecular weight excluding hydrogens is 292 g/mol. The summed E-state index contributed by atoms with van der Waals surface area (Å²) >= 11 is 0. The molecule has 0 saturated carbocycles. The summed E-state index contributed by atoms with van der Waals surface area (Å²) in [6, 6.07) is 7.68. The number of aromatic carboxylic acids is 1. The molecule has 0 amide bonds. The maximum atomic E-state index is 12.4. The minimum absolute atomic E-state index is 0.156. The summed E-state index contributed by atoms with van der Waals surface area (Å²) in [6.07, 6.45) is 1.24. The van der Waals surface area contributed by atoms with Gasteiger partial charge in [-0.05, 0) is 43.2 Å². The predicted octanol–water partition coefficient (Wildman–Crippen LogP) is 2.20. The van der Waals surface area contributed by atoms with Crippen molar-refractivity contribution in [1.29, 1.82) is 0 Å². The highest BCUT2D eigenvalue weighted by atomic mass is 32.2. The van der Waals surface area contributed by atoms with Crippen LogP contribution in [0.2, 0.25) is 0 Å². The van der Waals surface area contributed by atoms with Gasteiger partial charge in [0.15, 0.2) is 0 Å². The summed E-state index contributed by atoms with van der Waals surface area (Å²) in [4.78, 5) is 14.6. The standard InChI is InChI=1S/C14H14N2O4S/c1-9-3-4-10(2)13(7-9)21(19,20)16-11-5-6-15-12(8-11)14(17)18/h3-8H,1-2H3,(H,15,16)(H,17,18). The van der Waals surface area contributed by atoms with Gasteiger partial charge in [-0.2, -0.15) is 0 Å². The second-order valence-electron chi connectivity index (χ2n) is 4.61. The number of carboxylic acid groups (broad SMARTS) is 1. The van der Waals surface area contributed by atoms with Crippen LogP contribution in [0, 0.1) is 13.8 Å². The molecule has 0 spiro atoms. The third kappa shape index (κ3) is 3.38. The molecule has 0 bridgehead atoms. The van der Waals surface area contributed by atoms with Crippen molar-refractivity contribution >= 4 is 21.7 Å². The number of hydrogen-bond donors (Lipinski definition) is 2. The molecule has 1 heterocycles. The molecule has 0 aliphatic rings. The second-order valence-corrected chi connectivity index (χ2v) is 6.26. The lowest BCUT2D eigenvalue weighted by atomic mass is 10.2. The van der Waals surface area contributed by atoms with Crippen LogP contribution in [0.5, 0.6) is 0 Å². The first-order valence-corrected chi connectivity index (χ1v) is 7.57. The average molecular weight is 306 g/mol. The zero-order valence-electron chi connectivity index (χ0n) is 11.5. The van der Waals surface area contributed by atoms with E-state index < -0.39 is 16.0 Å². The van der Waals surface area contributed by atoms with Crippen LogP contribution in [0.25, 0.3) is 0 Å². The van der Waals surface area contributed by atoms with Crippen molar-refractivity contribution in [3.63, 3.8) is 0 Å². The fraction of sp³-hybridized carbons (Fsp3) is 0.143. The smallest absolute Gasteiger partial charge is 0.354 e. The first-order valence-electron chi connectivity index (χ1n) is 6.09. The number of nitrogens with one attached hydrogen (secondary N) is 1. The number of aryl methyl sites for hydroxylation is 2. The molecule has 110 valence electrons. The average Bonchev–Trinajstić information content (AvgIpc) is 2.41. The largest absolute Gasteiger partial charge is 0.477 e. The van der Waals surface area contributed by atoms with Gasteiger partial charge in [0.25, 0.3) is 10.0 Å². The molecule has 0 aliphatic carbocycles. The van der Waals surface area contributed by atoms with Crippen LogP contribution in [-0.2, 0) is 10.0 Å². The number of anilines is 1. The Kier molecular flexibility index (Phi) is 3.95. The number of pyridine rings is 1. The molecule has 1 aromatic carbocycles. The third-order valence-corrected chi connectivity index (χ3v) is 4.39. The lowest BCUT2D eigenvalue weighted by Gasteiger charge is -2.11.